The number of methoxy groups -OCH3 is 2. The Morgan fingerprint density at radius 3 is 2.88 bits per heavy atom. The molecule has 1 amide bonds. The first-order valence-corrected chi connectivity index (χ1v) is 10.8. The summed E-state index contributed by atoms with van der Waals surface area (Å²) < 4.78 is 22.2. The van der Waals surface area contributed by atoms with Crippen LogP contribution in [0.4, 0.5) is 0 Å². The fourth-order valence-corrected chi connectivity index (χ4v) is 3.88. The number of morpholine rings is 1. The summed E-state index contributed by atoms with van der Waals surface area (Å²) in [5.74, 6) is 1.31. The fourth-order valence-electron chi connectivity index (χ4n) is 3.59. The van der Waals surface area contributed by atoms with Crippen molar-refractivity contribution >= 4 is 34.5 Å². The molecule has 0 aliphatic carbocycles. The summed E-state index contributed by atoms with van der Waals surface area (Å²) >= 11 is 6.40. The molecule has 1 atom stereocenters. The van der Waals surface area contributed by atoms with E-state index in [4.69, 9.17) is 30.5 Å². The van der Waals surface area contributed by atoms with E-state index in [1.54, 1.807) is 30.2 Å². The Labute approximate surface area is 196 Å². The quantitative estimate of drug-likeness (QED) is 0.489. The number of carbonyl (C=O) groups is 1. The monoisotopic (exact) mass is 469 g/mol. The molecule has 0 N–H and O–H groups in total. The second kappa shape index (κ2) is 10.5. The van der Waals surface area contributed by atoms with Crippen molar-refractivity contribution in [2.24, 2.45) is 0 Å². The number of para-hydroxylation sites is 1. The number of benzene rings is 2. The molecule has 9 heteroatoms. The lowest BCUT2D eigenvalue weighted by atomic mass is 10.1. The minimum absolute atomic E-state index is 0.137. The van der Waals surface area contributed by atoms with E-state index in [-0.39, 0.29) is 18.6 Å². The van der Waals surface area contributed by atoms with Gasteiger partial charge in [-0.15, -0.1) is 0 Å². The number of hydrogen-bond acceptors (Lipinski definition) is 7. The third kappa shape index (κ3) is 5.18. The first-order chi connectivity index (χ1) is 16.1. The standard InChI is InChI=1S/C24H24ClN3O5/c1-30-20-9-7-16(22(25)23(20)31-2)8-10-21(29)28-11-12-32-17(13-28)14-33-24-18-5-3-4-6-19(18)26-15-27-24/h3-10,15,17H,11-14H2,1-2H3. The molecule has 2 aromatic carbocycles. The van der Waals surface area contributed by atoms with E-state index in [9.17, 15) is 4.79 Å². The maximum absolute atomic E-state index is 12.8. The minimum Gasteiger partial charge on any atom is -0.493 e. The van der Waals surface area contributed by atoms with Gasteiger partial charge in [0.05, 0.1) is 43.3 Å². The molecule has 0 spiro atoms. The van der Waals surface area contributed by atoms with Gasteiger partial charge in [-0.05, 0) is 35.9 Å². The summed E-state index contributed by atoms with van der Waals surface area (Å²) in [6.07, 6.45) is 4.36. The van der Waals surface area contributed by atoms with Crippen LogP contribution in [0, 0.1) is 0 Å². The smallest absolute Gasteiger partial charge is 0.246 e. The molecule has 0 radical (unpaired) electrons. The average Bonchev–Trinajstić information content (AvgIpc) is 2.86. The second-order valence-electron chi connectivity index (χ2n) is 7.32. The summed E-state index contributed by atoms with van der Waals surface area (Å²) in [7, 11) is 3.06. The van der Waals surface area contributed by atoms with Crippen molar-refractivity contribution in [3.05, 3.63) is 59.4 Å². The predicted molar refractivity (Wildman–Crippen MR) is 125 cm³/mol. The van der Waals surface area contributed by atoms with E-state index >= 15 is 0 Å². The lowest BCUT2D eigenvalue weighted by Crippen LogP contribution is -2.47. The third-order valence-corrected chi connectivity index (χ3v) is 5.67. The van der Waals surface area contributed by atoms with Gasteiger partial charge in [-0.3, -0.25) is 4.79 Å². The van der Waals surface area contributed by atoms with Gasteiger partial charge in [-0.1, -0.05) is 23.7 Å². The van der Waals surface area contributed by atoms with E-state index in [0.717, 1.165) is 10.9 Å². The number of ether oxygens (including phenoxy) is 4. The van der Waals surface area contributed by atoms with Gasteiger partial charge >= 0.3 is 0 Å². The Morgan fingerprint density at radius 1 is 1.21 bits per heavy atom. The molecule has 2 heterocycles. The molecule has 1 aliphatic rings. The zero-order chi connectivity index (χ0) is 23.2. The van der Waals surface area contributed by atoms with Gasteiger partial charge < -0.3 is 23.8 Å². The first-order valence-electron chi connectivity index (χ1n) is 10.4. The number of amides is 1. The number of hydrogen-bond donors (Lipinski definition) is 0. The molecule has 172 valence electrons. The van der Waals surface area contributed by atoms with Crippen LogP contribution in [0.2, 0.25) is 5.02 Å². The summed E-state index contributed by atoms with van der Waals surface area (Å²) in [5, 5.41) is 1.21. The lowest BCUT2D eigenvalue weighted by Gasteiger charge is -2.32. The minimum atomic E-state index is -0.269. The Hall–Kier alpha value is -3.36. The third-order valence-electron chi connectivity index (χ3n) is 5.28. The SMILES string of the molecule is COc1ccc(C=CC(=O)N2CCOC(COc3ncnc4ccccc34)C2)c(Cl)c1OC. The van der Waals surface area contributed by atoms with Crippen molar-refractivity contribution in [2.45, 2.75) is 6.10 Å². The molecular formula is C24H24ClN3O5. The molecule has 4 rings (SSSR count). The Morgan fingerprint density at radius 2 is 2.06 bits per heavy atom. The van der Waals surface area contributed by atoms with Gasteiger partial charge in [0.2, 0.25) is 11.8 Å². The highest BCUT2D eigenvalue weighted by molar-refractivity contribution is 6.33. The van der Waals surface area contributed by atoms with Crippen molar-refractivity contribution in [1.29, 1.82) is 0 Å². The topological polar surface area (TPSA) is 83.0 Å². The van der Waals surface area contributed by atoms with Crippen LogP contribution < -0.4 is 14.2 Å². The maximum atomic E-state index is 12.8. The normalized spacial score (nSPS) is 16.2. The Kier molecular flexibility index (Phi) is 7.26. The van der Waals surface area contributed by atoms with Crippen LogP contribution in [0.3, 0.4) is 0 Å². The van der Waals surface area contributed by atoms with Crippen LogP contribution in [0.5, 0.6) is 17.4 Å². The molecule has 1 fully saturated rings. The van der Waals surface area contributed by atoms with E-state index in [1.807, 2.05) is 24.3 Å². The molecule has 0 saturated carbocycles. The van der Waals surface area contributed by atoms with Crippen molar-refractivity contribution in [2.75, 3.05) is 40.5 Å². The van der Waals surface area contributed by atoms with Gasteiger partial charge in [0.15, 0.2) is 11.5 Å². The molecule has 33 heavy (non-hydrogen) atoms. The lowest BCUT2D eigenvalue weighted by molar-refractivity contribution is -0.134. The number of aromatic nitrogens is 2. The van der Waals surface area contributed by atoms with Crippen molar-refractivity contribution in [1.82, 2.24) is 14.9 Å². The summed E-state index contributed by atoms with van der Waals surface area (Å²) in [6.45, 7) is 1.60. The molecule has 1 unspecified atom stereocenters. The van der Waals surface area contributed by atoms with E-state index in [2.05, 4.69) is 9.97 Å². The van der Waals surface area contributed by atoms with Crippen LogP contribution in [-0.2, 0) is 9.53 Å². The second-order valence-corrected chi connectivity index (χ2v) is 7.70. The zero-order valence-corrected chi connectivity index (χ0v) is 19.1. The van der Waals surface area contributed by atoms with Crippen LogP contribution in [0.25, 0.3) is 17.0 Å². The molecule has 1 aromatic heterocycles. The van der Waals surface area contributed by atoms with Gasteiger partial charge in [-0.2, -0.15) is 0 Å². The number of halogens is 1. The van der Waals surface area contributed by atoms with Crippen LogP contribution in [-0.4, -0.2) is 67.4 Å². The van der Waals surface area contributed by atoms with E-state index in [1.165, 1.54) is 19.5 Å². The Bertz CT molecular complexity index is 1160. The van der Waals surface area contributed by atoms with Crippen molar-refractivity contribution in [3.8, 4) is 17.4 Å². The Balaban J connectivity index is 1.39. The average molecular weight is 470 g/mol. The highest BCUT2D eigenvalue weighted by Gasteiger charge is 2.24. The van der Waals surface area contributed by atoms with Gasteiger partial charge in [0.1, 0.15) is 19.0 Å². The van der Waals surface area contributed by atoms with Crippen molar-refractivity contribution < 1.29 is 23.7 Å². The summed E-state index contributed by atoms with van der Waals surface area (Å²) in [5.41, 5.74) is 1.47. The number of carbonyl (C=O) groups excluding carboxylic acids is 1. The van der Waals surface area contributed by atoms with Gasteiger partial charge in [-0.25, -0.2) is 9.97 Å². The van der Waals surface area contributed by atoms with Crippen LogP contribution >= 0.6 is 11.6 Å². The first kappa shape index (κ1) is 22.8. The van der Waals surface area contributed by atoms with Gasteiger partial charge in [0.25, 0.3) is 0 Å². The molecule has 3 aromatic rings. The number of rotatable bonds is 7. The molecule has 8 nitrogen and oxygen atoms in total. The van der Waals surface area contributed by atoms with Crippen LogP contribution in [0.15, 0.2) is 48.8 Å². The van der Waals surface area contributed by atoms with Crippen LogP contribution in [0.1, 0.15) is 5.56 Å². The number of nitrogens with zero attached hydrogens (tertiary/aromatic N) is 3. The number of fused-ring (bicyclic) bond motifs is 1. The fraction of sp³-hybridized carbons (Fsp3) is 0.292. The molecule has 1 aliphatic heterocycles. The maximum Gasteiger partial charge on any atom is 0.246 e. The van der Waals surface area contributed by atoms with Gasteiger partial charge in [0, 0.05) is 12.6 Å². The van der Waals surface area contributed by atoms with E-state index < -0.39 is 0 Å². The van der Waals surface area contributed by atoms with E-state index in [0.29, 0.717) is 47.7 Å². The highest BCUT2D eigenvalue weighted by Crippen LogP contribution is 2.37. The molecular weight excluding hydrogens is 446 g/mol. The summed E-state index contributed by atoms with van der Waals surface area (Å²) in [6, 6.07) is 11.1. The summed E-state index contributed by atoms with van der Waals surface area (Å²) in [4.78, 5) is 23.0. The largest absolute Gasteiger partial charge is 0.493 e. The molecule has 1 saturated heterocycles. The predicted octanol–water partition coefficient (Wildman–Crippen LogP) is 3.62. The van der Waals surface area contributed by atoms with Crippen molar-refractivity contribution in [3.63, 3.8) is 0 Å². The molecule has 0 bridgehead atoms. The highest BCUT2D eigenvalue weighted by atomic mass is 35.5. The zero-order valence-electron chi connectivity index (χ0n) is 18.4.